The number of hydrogen-bond donors (Lipinski definition) is 4. The number of likely N-dealkylation sites (N-methyl/N-ethyl adjacent to an activating group) is 1. The number of carbonyl (C=O) groups excluding carboxylic acids is 2. The molecule has 0 saturated carbocycles. The van der Waals surface area contributed by atoms with Gasteiger partial charge >= 0.3 is 0 Å². The smallest absolute Gasteiger partial charge is 0.224 e. The van der Waals surface area contributed by atoms with E-state index in [4.69, 9.17) is 15.2 Å². The van der Waals surface area contributed by atoms with Crippen molar-refractivity contribution in [2.45, 2.75) is 63.8 Å². The molecule has 0 bridgehead atoms. The van der Waals surface area contributed by atoms with E-state index < -0.39 is 6.29 Å². The number of nitrogens with two attached hydrogens (primary N) is 1. The number of amides is 2. The molecule has 0 unspecified atom stereocenters. The summed E-state index contributed by atoms with van der Waals surface area (Å²) < 4.78 is 13.1. The number of hydrogen-bond acceptors (Lipinski definition) is 7. The molecule has 2 amide bonds. The highest BCUT2D eigenvalue weighted by molar-refractivity contribution is 5.94. The molecule has 0 aromatic heterocycles. The predicted molar refractivity (Wildman–Crippen MR) is 184 cm³/mol. The molecule has 1 aliphatic heterocycles. The first-order valence-electron chi connectivity index (χ1n) is 16.1. The number of aliphatic hydroxyl groups excluding tert-OH is 1. The summed E-state index contributed by atoms with van der Waals surface area (Å²) in [7, 11) is 2.10. The van der Waals surface area contributed by atoms with E-state index in [0.29, 0.717) is 36.4 Å². The maximum absolute atomic E-state index is 12.8. The highest BCUT2D eigenvalue weighted by atomic mass is 16.7. The molecule has 0 radical (unpaired) electrons. The van der Waals surface area contributed by atoms with Crippen molar-refractivity contribution < 1.29 is 24.2 Å². The second kappa shape index (κ2) is 16.3. The maximum atomic E-state index is 12.8. The van der Waals surface area contributed by atoms with Gasteiger partial charge < -0.3 is 30.9 Å². The van der Waals surface area contributed by atoms with Crippen molar-refractivity contribution in [3.8, 4) is 0 Å². The molecule has 1 heterocycles. The largest absolute Gasteiger partial charge is 0.397 e. The summed E-state index contributed by atoms with van der Waals surface area (Å²) in [5.74, 6) is -0.376. The lowest BCUT2D eigenvalue weighted by molar-refractivity contribution is -0.253. The van der Waals surface area contributed by atoms with Gasteiger partial charge in [0.05, 0.1) is 30.2 Å². The van der Waals surface area contributed by atoms with Crippen LogP contribution in [-0.2, 0) is 25.7 Å². The molecule has 0 spiro atoms. The van der Waals surface area contributed by atoms with Crippen molar-refractivity contribution in [1.82, 2.24) is 4.90 Å². The Morgan fingerprint density at radius 1 is 0.872 bits per heavy atom. The lowest BCUT2D eigenvalue weighted by atomic mass is 9.99. The van der Waals surface area contributed by atoms with Crippen molar-refractivity contribution in [3.05, 3.63) is 125 Å². The van der Waals surface area contributed by atoms with Crippen molar-refractivity contribution in [1.29, 1.82) is 0 Å². The van der Waals surface area contributed by atoms with Gasteiger partial charge in [-0.3, -0.25) is 14.5 Å². The van der Waals surface area contributed by atoms with Crippen LogP contribution < -0.4 is 16.4 Å². The summed E-state index contributed by atoms with van der Waals surface area (Å²) in [5, 5.41) is 15.3. The zero-order chi connectivity index (χ0) is 33.2. The minimum absolute atomic E-state index is 0.0170. The summed E-state index contributed by atoms with van der Waals surface area (Å²) in [6.45, 7) is 2.87. The summed E-state index contributed by atoms with van der Waals surface area (Å²) in [6, 6.07) is 33.0. The third-order valence-corrected chi connectivity index (χ3v) is 8.53. The van der Waals surface area contributed by atoms with Crippen LogP contribution in [0.1, 0.15) is 73.3 Å². The van der Waals surface area contributed by atoms with Gasteiger partial charge in [-0.2, -0.15) is 0 Å². The highest BCUT2D eigenvalue weighted by Crippen LogP contribution is 2.39. The Morgan fingerprint density at radius 3 is 2.30 bits per heavy atom. The SMILES string of the molecule is C[C@@H](c1ccccc1)N(C)C[C@@H]1C[C@H](c2ccc(CO)cc2)O[C@H](c2cccc(NC(=O)CCCC(=O)Nc3ccccc3N)c2)O1. The Hall–Kier alpha value is -4.54. The first-order valence-corrected chi connectivity index (χ1v) is 16.1. The number of para-hydroxylation sites is 2. The molecule has 246 valence electrons. The Morgan fingerprint density at radius 2 is 1.57 bits per heavy atom. The van der Waals surface area contributed by atoms with Gasteiger partial charge in [0.25, 0.3) is 0 Å². The van der Waals surface area contributed by atoms with E-state index in [1.54, 1.807) is 24.3 Å². The van der Waals surface area contributed by atoms with Gasteiger partial charge in [0, 0.05) is 43.1 Å². The average Bonchev–Trinajstić information content (AvgIpc) is 3.09. The zero-order valence-corrected chi connectivity index (χ0v) is 27.0. The Bertz CT molecular complexity index is 1610. The molecule has 1 saturated heterocycles. The number of ether oxygens (including phenoxy) is 2. The molecule has 5 rings (SSSR count). The Kier molecular flexibility index (Phi) is 11.8. The molecule has 1 fully saturated rings. The molecule has 4 atom stereocenters. The maximum Gasteiger partial charge on any atom is 0.224 e. The van der Waals surface area contributed by atoms with Crippen LogP contribution in [0.25, 0.3) is 0 Å². The second-order valence-electron chi connectivity index (χ2n) is 12.0. The van der Waals surface area contributed by atoms with Gasteiger partial charge in [0.1, 0.15) is 0 Å². The van der Waals surface area contributed by atoms with Gasteiger partial charge in [0.2, 0.25) is 11.8 Å². The molecular formula is C38H44N4O5. The first-order chi connectivity index (χ1) is 22.8. The zero-order valence-electron chi connectivity index (χ0n) is 27.0. The van der Waals surface area contributed by atoms with Crippen LogP contribution in [0, 0.1) is 0 Å². The van der Waals surface area contributed by atoms with Crippen LogP contribution in [-0.4, -0.2) is 41.5 Å². The summed E-state index contributed by atoms with van der Waals surface area (Å²) in [5.41, 5.74) is 11.5. The fraction of sp³-hybridized carbons (Fsp3) is 0.316. The van der Waals surface area contributed by atoms with Gasteiger partial charge in [0.15, 0.2) is 6.29 Å². The van der Waals surface area contributed by atoms with Crippen LogP contribution in [0.2, 0.25) is 0 Å². The van der Waals surface area contributed by atoms with Crippen molar-refractivity contribution in [2.75, 3.05) is 30.0 Å². The van der Waals surface area contributed by atoms with Crippen LogP contribution in [0.5, 0.6) is 0 Å². The van der Waals surface area contributed by atoms with Gasteiger partial charge in [-0.05, 0) is 61.3 Å². The van der Waals surface area contributed by atoms with E-state index in [2.05, 4.69) is 53.8 Å². The third kappa shape index (κ3) is 9.49. The van der Waals surface area contributed by atoms with Crippen molar-refractivity contribution >= 4 is 28.9 Å². The van der Waals surface area contributed by atoms with Crippen molar-refractivity contribution in [3.63, 3.8) is 0 Å². The summed E-state index contributed by atoms with van der Waals surface area (Å²) >= 11 is 0. The lowest BCUT2D eigenvalue weighted by Crippen LogP contribution is -2.38. The van der Waals surface area contributed by atoms with Crippen LogP contribution in [0.4, 0.5) is 17.1 Å². The predicted octanol–water partition coefficient (Wildman–Crippen LogP) is 6.75. The van der Waals surface area contributed by atoms with Crippen molar-refractivity contribution in [2.24, 2.45) is 0 Å². The van der Waals surface area contributed by atoms with Crippen LogP contribution in [0.3, 0.4) is 0 Å². The first kappa shape index (κ1) is 33.8. The van der Waals surface area contributed by atoms with Crippen LogP contribution >= 0.6 is 0 Å². The number of nitrogens with zero attached hydrogens (tertiary/aromatic N) is 1. The molecule has 9 nitrogen and oxygen atoms in total. The molecule has 9 heteroatoms. The van der Waals surface area contributed by atoms with E-state index in [0.717, 1.165) is 16.7 Å². The fourth-order valence-electron chi connectivity index (χ4n) is 5.72. The minimum Gasteiger partial charge on any atom is -0.397 e. The standard InChI is InChI=1S/C38H44N4O5/c1-26(28-10-4-3-5-11-28)42(2)24-32-23-35(29-20-18-27(25-43)19-21-29)47-38(46-32)30-12-8-13-31(22-30)40-36(44)16-9-17-37(45)41-34-15-7-6-14-33(34)39/h3-8,10-15,18-22,26,32,35,38,43H,9,16-17,23-25,39H2,1-2H3,(H,40,44)(H,41,45)/t26-,32-,35+,38+/m0/s1. The Balaban J connectivity index is 1.22. The fourth-order valence-corrected chi connectivity index (χ4v) is 5.72. The molecule has 5 N–H and O–H groups in total. The molecular weight excluding hydrogens is 592 g/mol. The number of carbonyl (C=O) groups is 2. The molecule has 4 aromatic rings. The number of benzene rings is 4. The van der Waals surface area contributed by atoms with Gasteiger partial charge in [-0.25, -0.2) is 0 Å². The number of aliphatic hydroxyl groups is 1. The minimum atomic E-state index is -0.650. The summed E-state index contributed by atoms with van der Waals surface area (Å²) in [6.07, 6.45) is 0.463. The van der Waals surface area contributed by atoms with Gasteiger partial charge in [-0.15, -0.1) is 0 Å². The van der Waals surface area contributed by atoms with E-state index in [-0.39, 0.29) is 49.5 Å². The monoisotopic (exact) mass is 636 g/mol. The van der Waals surface area contributed by atoms with E-state index in [1.165, 1.54) is 5.56 Å². The van der Waals surface area contributed by atoms with E-state index in [1.807, 2.05) is 54.6 Å². The van der Waals surface area contributed by atoms with Gasteiger partial charge in [-0.1, -0.05) is 78.9 Å². The Labute approximate surface area is 276 Å². The molecule has 0 aliphatic carbocycles. The quantitative estimate of drug-likeness (QED) is 0.120. The summed E-state index contributed by atoms with van der Waals surface area (Å²) in [4.78, 5) is 27.4. The normalized spacial score (nSPS) is 18.4. The highest BCUT2D eigenvalue weighted by Gasteiger charge is 2.33. The van der Waals surface area contributed by atoms with E-state index in [9.17, 15) is 14.7 Å². The number of nitrogens with one attached hydrogen (secondary N) is 2. The van der Waals surface area contributed by atoms with Crippen LogP contribution in [0.15, 0.2) is 103 Å². The number of rotatable bonds is 13. The third-order valence-electron chi connectivity index (χ3n) is 8.53. The molecule has 4 aromatic carbocycles. The molecule has 1 aliphatic rings. The lowest BCUT2D eigenvalue weighted by Gasteiger charge is -2.39. The van der Waals surface area contributed by atoms with E-state index >= 15 is 0 Å². The molecule has 47 heavy (non-hydrogen) atoms. The average molecular weight is 637 g/mol. The second-order valence-corrected chi connectivity index (χ2v) is 12.0. The number of anilines is 3. The number of nitrogen functional groups attached to an aromatic ring is 1. The topological polar surface area (TPSA) is 126 Å².